The number of aromatic nitrogens is 2. The van der Waals surface area contributed by atoms with Crippen LogP contribution in [0.25, 0.3) is 32.8 Å². The topological polar surface area (TPSA) is 73.8 Å². The number of rotatable bonds is 6. The number of likely N-dealkylation sites (tertiary alicyclic amines) is 1. The van der Waals surface area contributed by atoms with Gasteiger partial charge in [-0.1, -0.05) is 25.8 Å². The van der Waals surface area contributed by atoms with Gasteiger partial charge >= 0.3 is 6.01 Å². The highest BCUT2D eigenvalue weighted by Crippen LogP contribution is 2.42. The van der Waals surface area contributed by atoms with Gasteiger partial charge in [0.15, 0.2) is 5.82 Å². The lowest BCUT2D eigenvalue weighted by Crippen LogP contribution is -2.51. The van der Waals surface area contributed by atoms with Crippen molar-refractivity contribution < 1.29 is 23.0 Å². The number of piperazine rings is 1. The van der Waals surface area contributed by atoms with Gasteiger partial charge in [-0.2, -0.15) is 9.97 Å². The van der Waals surface area contributed by atoms with Gasteiger partial charge in [-0.15, -0.1) is 18.8 Å². The second-order valence-electron chi connectivity index (χ2n) is 13.3. The Balaban J connectivity index is 1.40. The molecular weight excluding hydrogens is 603 g/mol. The molecule has 2 N–H and O–H groups in total. The van der Waals surface area contributed by atoms with Crippen molar-refractivity contribution in [1.29, 1.82) is 0 Å². The lowest BCUT2D eigenvalue weighted by Gasteiger charge is -2.43. The number of hydrogen-bond acceptors (Lipinski definition) is 7. The fourth-order valence-corrected chi connectivity index (χ4v) is 7.74. The zero-order valence-electron chi connectivity index (χ0n) is 26.4. The van der Waals surface area contributed by atoms with E-state index in [1.807, 2.05) is 4.90 Å². The summed E-state index contributed by atoms with van der Waals surface area (Å²) in [6, 6.07) is 6.74. The summed E-state index contributed by atoms with van der Waals surface area (Å²) in [6.45, 7) is 8.11. The van der Waals surface area contributed by atoms with Crippen LogP contribution >= 0.6 is 0 Å². The smallest absolute Gasteiger partial charge is 0.319 e. The predicted molar refractivity (Wildman–Crippen MR) is 177 cm³/mol. The molecule has 0 unspecified atom stereocenters. The van der Waals surface area contributed by atoms with Crippen LogP contribution in [-0.4, -0.2) is 71.4 Å². The molecular formula is C37H36F3N5O2. The Morgan fingerprint density at radius 1 is 1.06 bits per heavy atom. The summed E-state index contributed by atoms with van der Waals surface area (Å²) < 4.78 is 54.3. The van der Waals surface area contributed by atoms with Crippen molar-refractivity contribution in [3.8, 4) is 47.6 Å². The summed E-state index contributed by atoms with van der Waals surface area (Å²) in [5.74, 6) is 2.70. The number of terminal acetylenes is 2. The molecule has 0 saturated carbocycles. The second kappa shape index (κ2) is 11.9. The summed E-state index contributed by atoms with van der Waals surface area (Å²) in [4.78, 5) is 13.6. The Kier molecular flexibility index (Phi) is 7.90. The van der Waals surface area contributed by atoms with Gasteiger partial charge in [-0.25, -0.2) is 13.2 Å². The average Bonchev–Trinajstić information content (AvgIpc) is 3.40. The van der Waals surface area contributed by atoms with Gasteiger partial charge in [0.1, 0.15) is 28.7 Å². The molecule has 7 nitrogen and oxygen atoms in total. The van der Waals surface area contributed by atoms with Crippen LogP contribution in [0.3, 0.4) is 0 Å². The van der Waals surface area contributed by atoms with Gasteiger partial charge in [0.05, 0.1) is 17.7 Å². The number of benzene rings is 3. The first-order chi connectivity index (χ1) is 22.6. The number of halogens is 3. The number of hydrogen-bond donors (Lipinski definition) is 2. The van der Waals surface area contributed by atoms with Crippen molar-refractivity contribution in [2.45, 2.75) is 45.2 Å². The lowest BCUT2D eigenvalue weighted by atomic mass is 9.73. The third-order valence-corrected chi connectivity index (χ3v) is 10.2. The summed E-state index contributed by atoms with van der Waals surface area (Å²) in [5.41, 5.74) is -1.29. The highest BCUT2D eigenvalue weighted by atomic mass is 19.1. The fraction of sp³-hybridized carbons (Fsp3) is 0.405. The van der Waals surface area contributed by atoms with Crippen LogP contribution < -0.4 is 15.0 Å². The van der Waals surface area contributed by atoms with Crippen LogP contribution in [0.5, 0.6) is 11.8 Å². The molecule has 47 heavy (non-hydrogen) atoms. The normalized spacial score (nSPS) is 24.4. The lowest BCUT2D eigenvalue weighted by molar-refractivity contribution is 0.0261. The van der Waals surface area contributed by atoms with Crippen LogP contribution in [0.4, 0.5) is 19.0 Å². The second-order valence-corrected chi connectivity index (χ2v) is 13.3. The molecule has 2 bridgehead atoms. The van der Waals surface area contributed by atoms with Crippen molar-refractivity contribution in [1.82, 2.24) is 20.2 Å². The maximum absolute atomic E-state index is 16.9. The third-order valence-electron chi connectivity index (χ3n) is 10.2. The van der Waals surface area contributed by atoms with Gasteiger partial charge in [0, 0.05) is 59.4 Å². The molecule has 242 valence electrons. The molecule has 3 aromatic carbocycles. The van der Waals surface area contributed by atoms with Gasteiger partial charge in [-0.05, 0) is 62.0 Å². The van der Waals surface area contributed by atoms with E-state index in [-0.39, 0.29) is 63.8 Å². The van der Waals surface area contributed by atoms with Crippen molar-refractivity contribution >= 4 is 27.5 Å². The van der Waals surface area contributed by atoms with Crippen LogP contribution in [0.15, 0.2) is 30.3 Å². The first kappa shape index (κ1) is 31.1. The Hall–Kier alpha value is -4.51. The van der Waals surface area contributed by atoms with Crippen molar-refractivity contribution in [3.05, 3.63) is 53.3 Å². The van der Waals surface area contributed by atoms with Crippen LogP contribution in [0.1, 0.15) is 38.7 Å². The number of piperidine rings is 1. The van der Waals surface area contributed by atoms with Gasteiger partial charge in [-0.3, -0.25) is 0 Å². The monoisotopic (exact) mass is 639 g/mol. The number of aromatic hydroxyl groups is 1. The summed E-state index contributed by atoms with van der Waals surface area (Å²) in [7, 11) is 0. The fourth-order valence-electron chi connectivity index (χ4n) is 7.74. The molecule has 4 aromatic rings. The molecule has 10 heteroatoms. The minimum Gasteiger partial charge on any atom is -0.508 e. The standard InChI is InChI=1S/C37H36F3N5O2/c1-5-22-12-13-44(7-3)19-37(22,4)20-47-36-42-34-28(35(43-36)45-17-23-9-10-24(18-45)41-23)16-30(39)32(33(34)40)27-15-25(46)14-21-8-11-29(38)26(6-2)31(21)27/h1-2,8,11,14-16,22-24,41,46H,7,9-10,12-13,17-20H2,3-4H3/t22-,23-,24+,37-/m0/s1. The Morgan fingerprint density at radius 2 is 1.83 bits per heavy atom. The summed E-state index contributed by atoms with van der Waals surface area (Å²) in [6.07, 6.45) is 14.4. The number of anilines is 1. The van der Waals surface area contributed by atoms with Crippen molar-refractivity contribution in [2.75, 3.05) is 44.2 Å². The number of ether oxygens (including phenoxy) is 1. The van der Waals surface area contributed by atoms with Crippen LogP contribution in [-0.2, 0) is 0 Å². The number of nitrogens with zero attached hydrogens (tertiary/aromatic N) is 4. The number of phenols is 1. The molecule has 7 rings (SSSR count). The third kappa shape index (κ3) is 5.40. The minimum absolute atomic E-state index is 0.0313. The maximum atomic E-state index is 16.9. The molecule has 4 atom stereocenters. The quantitative estimate of drug-likeness (QED) is 0.257. The van der Waals surface area contributed by atoms with E-state index in [2.05, 4.69) is 40.9 Å². The molecule has 3 fully saturated rings. The largest absolute Gasteiger partial charge is 0.508 e. The van der Waals surface area contributed by atoms with Crippen LogP contribution in [0, 0.1) is 53.5 Å². The van der Waals surface area contributed by atoms with E-state index in [1.54, 1.807) is 0 Å². The van der Waals surface area contributed by atoms with E-state index in [0.717, 1.165) is 45.0 Å². The Labute approximate surface area is 272 Å². The first-order valence-corrected chi connectivity index (χ1v) is 16.1. The molecule has 0 spiro atoms. The molecule has 1 aromatic heterocycles. The number of phenolic OH excluding ortho intramolecular Hbond substituents is 1. The van der Waals surface area contributed by atoms with Gasteiger partial charge in [0.25, 0.3) is 0 Å². The SMILES string of the molecule is C#Cc1c(F)ccc2cc(O)cc(-c3c(F)cc4c(N5C[C@H]6CC[C@@H](C5)N6)nc(OC[C@]5(C)CN(CC)CC[C@@H]5C#C)nc4c3F)c12. The van der Waals surface area contributed by atoms with Crippen molar-refractivity contribution in [2.24, 2.45) is 11.3 Å². The molecule has 0 aliphatic carbocycles. The van der Waals surface area contributed by atoms with Crippen LogP contribution in [0.2, 0.25) is 0 Å². The first-order valence-electron chi connectivity index (χ1n) is 16.1. The molecule has 3 saturated heterocycles. The van der Waals surface area contributed by atoms with E-state index < -0.39 is 28.4 Å². The zero-order chi connectivity index (χ0) is 33.0. The van der Waals surface area contributed by atoms with Gasteiger partial charge in [0.2, 0.25) is 0 Å². The minimum atomic E-state index is -0.992. The molecule has 3 aliphatic rings. The molecule has 3 aliphatic heterocycles. The van der Waals surface area contributed by atoms with E-state index in [9.17, 15) is 9.50 Å². The summed E-state index contributed by atoms with van der Waals surface area (Å²) in [5, 5.41) is 14.8. The van der Waals surface area contributed by atoms with Crippen molar-refractivity contribution in [3.63, 3.8) is 0 Å². The number of nitrogens with one attached hydrogen (secondary N) is 1. The highest BCUT2D eigenvalue weighted by Gasteiger charge is 2.40. The maximum Gasteiger partial charge on any atom is 0.319 e. The predicted octanol–water partition coefficient (Wildman–Crippen LogP) is 5.85. The molecule has 4 heterocycles. The van der Waals surface area contributed by atoms with E-state index in [4.69, 9.17) is 22.6 Å². The number of fused-ring (bicyclic) bond motifs is 4. The summed E-state index contributed by atoms with van der Waals surface area (Å²) >= 11 is 0. The van der Waals surface area contributed by atoms with E-state index >= 15 is 8.78 Å². The molecule has 0 radical (unpaired) electrons. The van der Waals surface area contributed by atoms with E-state index in [0.29, 0.717) is 24.3 Å². The van der Waals surface area contributed by atoms with E-state index in [1.165, 1.54) is 24.3 Å². The average molecular weight is 640 g/mol. The Bertz CT molecular complexity index is 1980. The van der Waals surface area contributed by atoms with Gasteiger partial charge < -0.3 is 25.0 Å². The zero-order valence-corrected chi connectivity index (χ0v) is 26.4. The Morgan fingerprint density at radius 3 is 2.53 bits per heavy atom. The molecule has 0 amide bonds. The highest BCUT2D eigenvalue weighted by molar-refractivity contribution is 6.04.